The molecule has 3 heteroatoms. The Balaban J connectivity index is 1.83. The van der Waals surface area contributed by atoms with E-state index in [1.807, 2.05) is 24.3 Å². The summed E-state index contributed by atoms with van der Waals surface area (Å²) < 4.78 is 4.84. The van der Waals surface area contributed by atoms with Crippen LogP contribution < -0.4 is 5.32 Å². The van der Waals surface area contributed by atoms with E-state index in [-0.39, 0.29) is 12.5 Å². The summed E-state index contributed by atoms with van der Waals surface area (Å²) in [6, 6.07) is 16.6. The summed E-state index contributed by atoms with van der Waals surface area (Å²) in [7, 11) is 0. The number of carbonyl (C=O) groups excluding carboxylic acids is 1. The van der Waals surface area contributed by atoms with Crippen LogP contribution in [0.3, 0.4) is 0 Å². The third-order valence-electron chi connectivity index (χ3n) is 3.70. The number of alkyl carbamates (subject to hydrolysis) is 1. The lowest BCUT2D eigenvalue weighted by Gasteiger charge is -2.14. The van der Waals surface area contributed by atoms with Crippen molar-refractivity contribution in [3.05, 3.63) is 59.7 Å². The molecule has 0 atom stereocenters. The minimum Gasteiger partial charge on any atom is -0.436 e. The molecule has 104 valence electrons. The van der Waals surface area contributed by atoms with Crippen molar-refractivity contribution in [3.8, 4) is 23.5 Å². The monoisotopic (exact) mass is 277 g/mol. The molecule has 0 fully saturated rings. The van der Waals surface area contributed by atoms with E-state index in [0.717, 1.165) is 0 Å². The Labute approximate surface area is 123 Å². The minimum absolute atomic E-state index is 0.0102. The molecule has 0 spiro atoms. The Morgan fingerprint density at radius 1 is 1.10 bits per heavy atom. The van der Waals surface area contributed by atoms with Crippen molar-refractivity contribution in [1.82, 2.24) is 5.32 Å². The van der Waals surface area contributed by atoms with Crippen molar-refractivity contribution in [2.75, 3.05) is 13.2 Å². The molecule has 0 saturated heterocycles. The molecule has 3 nitrogen and oxygen atoms in total. The average molecular weight is 277 g/mol. The number of amides is 1. The Hall–Kier alpha value is -2.73. The molecule has 21 heavy (non-hydrogen) atoms. The second kappa shape index (κ2) is 5.72. The molecule has 1 aliphatic rings. The van der Waals surface area contributed by atoms with Crippen molar-refractivity contribution in [3.63, 3.8) is 0 Å². The highest BCUT2D eigenvalue weighted by atomic mass is 16.5. The van der Waals surface area contributed by atoms with Gasteiger partial charge in [0.1, 0.15) is 0 Å². The van der Waals surface area contributed by atoms with Crippen molar-refractivity contribution < 1.29 is 9.53 Å². The van der Waals surface area contributed by atoms with E-state index in [9.17, 15) is 4.79 Å². The highest BCUT2D eigenvalue weighted by molar-refractivity contribution is 5.79. The number of rotatable bonds is 3. The van der Waals surface area contributed by atoms with Gasteiger partial charge < -0.3 is 10.1 Å². The van der Waals surface area contributed by atoms with Gasteiger partial charge in [0, 0.05) is 12.5 Å². The van der Waals surface area contributed by atoms with Gasteiger partial charge in [-0.3, -0.25) is 0 Å². The minimum atomic E-state index is -0.477. The molecule has 1 amide bonds. The molecule has 1 aliphatic carbocycles. The van der Waals surface area contributed by atoms with E-state index in [1.165, 1.54) is 22.3 Å². The Morgan fingerprint density at radius 3 is 2.24 bits per heavy atom. The largest absolute Gasteiger partial charge is 0.436 e. The van der Waals surface area contributed by atoms with Crippen LogP contribution in [0.4, 0.5) is 4.79 Å². The SMILES string of the molecule is C#CCOC(=O)NCC1c2ccccc2-c2ccccc21. The standard InChI is InChI=1S/C18H15NO2/c1-2-11-21-18(20)19-12-17-15-9-5-3-7-13(15)14-8-4-6-10-16(14)17/h1,3-10,17H,11-12H2,(H,19,20). The van der Waals surface area contributed by atoms with E-state index in [2.05, 4.69) is 35.5 Å². The zero-order valence-corrected chi connectivity index (χ0v) is 11.5. The van der Waals surface area contributed by atoms with Crippen molar-refractivity contribution in [2.45, 2.75) is 5.92 Å². The molecule has 0 heterocycles. The third kappa shape index (κ3) is 2.48. The predicted octanol–water partition coefficient (Wildman–Crippen LogP) is 3.16. The van der Waals surface area contributed by atoms with Gasteiger partial charge in [-0.25, -0.2) is 4.79 Å². The van der Waals surface area contributed by atoms with Gasteiger partial charge in [-0.15, -0.1) is 6.42 Å². The summed E-state index contributed by atoms with van der Waals surface area (Å²) in [6.07, 6.45) is 4.59. The summed E-state index contributed by atoms with van der Waals surface area (Å²) >= 11 is 0. The summed E-state index contributed by atoms with van der Waals surface area (Å²) in [5.41, 5.74) is 4.93. The van der Waals surface area contributed by atoms with E-state index in [0.29, 0.717) is 6.54 Å². The highest BCUT2D eigenvalue weighted by Crippen LogP contribution is 2.43. The van der Waals surface area contributed by atoms with Crippen LogP contribution in [0.5, 0.6) is 0 Å². The highest BCUT2D eigenvalue weighted by Gasteiger charge is 2.28. The number of benzene rings is 2. The number of terminal acetylenes is 1. The third-order valence-corrected chi connectivity index (χ3v) is 3.70. The summed E-state index contributed by atoms with van der Waals surface area (Å²) in [5, 5.41) is 2.78. The molecule has 1 N–H and O–H groups in total. The molecule has 3 rings (SSSR count). The second-order valence-corrected chi connectivity index (χ2v) is 4.89. The van der Waals surface area contributed by atoms with Crippen molar-refractivity contribution in [1.29, 1.82) is 0 Å². The molecule has 0 aliphatic heterocycles. The summed E-state index contributed by atoms with van der Waals surface area (Å²) in [5.74, 6) is 2.42. The maximum Gasteiger partial charge on any atom is 0.408 e. The van der Waals surface area contributed by atoms with Crippen LogP contribution >= 0.6 is 0 Å². The topological polar surface area (TPSA) is 38.3 Å². The van der Waals surface area contributed by atoms with Crippen LogP contribution in [0, 0.1) is 12.3 Å². The van der Waals surface area contributed by atoms with Crippen molar-refractivity contribution in [2.24, 2.45) is 0 Å². The molecular formula is C18H15NO2. The van der Waals surface area contributed by atoms with Gasteiger partial charge in [0.15, 0.2) is 6.61 Å². The van der Waals surface area contributed by atoms with Crippen LogP contribution in [0.2, 0.25) is 0 Å². The van der Waals surface area contributed by atoms with Crippen LogP contribution in [0.1, 0.15) is 17.0 Å². The van der Waals surface area contributed by atoms with Gasteiger partial charge in [0.2, 0.25) is 0 Å². The predicted molar refractivity (Wildman–Crippen MR) is 81.9 cm³/mol. The number of hydrogen-bond donors (Lipinski definition) is 1. The van der Waals surface area contributed by atoms with Crippen LogP contribution in [-0.4, -0.2) is 19.2 Å². The number of ether oxygens (including phenoxy) is 1. The molecule has 0 bridgehead atoms. The number of carbonyl (C=O) groups is 1. The Kier molecular flexibility index (Phi) is 3.61. The van der Waals surface area contributed by atoms with Crippen LogP contribution in [-0.2, 0) is 4.74 Å². The maximum atomic E-state index is 11.6. The lowest BCUT2D eigenvalue weighted by atomic mass is 9.97. The molecule has 0 saturated carbocycles. The fraction of sp³-hybridized carbons (Fsp3) is 0.167. The van der Waals surface area contributed by atoms with Crippen LogP contribution in [0.25, 0.3) is 11.1 Å². The maximum absolute atomic E-state index is 11.6. The van der Waals surface area contributed by atoms with E-state index in [1.54, 1.807) is 0 Å². The molecule has 0 aromatic heterocycles. The van der Waals surface area contributed by atoms with Crippen LogP contribution in [0.15, 0.2) is 48.5 Å². The summed E-state index contributed by atoms with van der Waals surface area (Å²) in [4.78, 5) is 11.6. The van der Waals surface area contributed by atoms with E-state index in [4.69, 9.17) is 11.2 Å². The normalized spacial score (nSPS) is 12.1. The number of hydrogen-bond acceptors (Lipinski definition) is 2. The molecule has 2 aromatic carbocycles. The van der Waals surface area contributed by atoms with Gasteiger partial charge in [-0.1, -0.05) is 54.5 Å². The molecule has 0 unspecified atom stereocenters. The smallest absolute Gasteiger partial charge is 0.408 e. The van der Waals surface area contributed by atoms with Gasteiger partial charge in [0.25, 0.3) is 0 Å². The zero-order chi connectivity index (χ0) is 14.7. The second-order valence-electron chi connectivity index (χ2n) is 4.89. The Morgan fingerprint density at radius 2 is 1.67 bits per heavy atom. The van der Waals surface area contributed by atoms with Crippen molar-refractivity contribution >= 4 is 6.09 Å². The van der Waals surface area contributed by atoms with Gasteiger partial charge in [-0.05, 0) is 22.3 Å². The number of fused-ring (bicyclic) bond motifs is 3. The first-order valence-electron chi connectivity index (χ1n) is 6.83. The average Bonchev–Trinajstić information content (AvgIpc) is 2.85. The molecule has 2 aromatic rings. The summed E-state index contributed by atoms with van der Waals surface area (Å²) in [6.45, 7) is 0.487. The first-order valence-corrected chi connectivity index (χ1v) is 6.83. The number of nitrogens with one attached hydrogen (secondary N) is 1. The van der Waals surface area contributed by atoms with E-state index < -0.39 is 6.09 Å². The van der Waals surface area contributed by atoms with Gasteiger partial charge in [-0.2, -0.15) is 0 Å². The molecule has 0 radical (unpaired) electrons. The van der Waals surface area contributed by atoms with Gasteiger partial charge >= 0.3 is 6.09 Å². The quantitative estimate of drug-likeness (QED) is 0.875. The zero-order valence-electron chi connectivity index (χ0n) is 11.5. The Bertz CT molecular complexity index is 670. The first kappa shape index (κ1) is 13.3. The van der Waals surface area contributed by atoms with Gasteiger partial charge in [0.05, 0.1) is 0 Å². The molecular weight excluding hydrogens is 262 g/mol. The fourth-order valence-corrected chi connectivity index (χ4v) is 2.82. The van der Waals surface area contributed by atoms with E-state index >= 15 is 0 Å². The first-order chi connectivity index (χ1) is 10.3. The lowest BCUT2D eigenvalue weighted by molar-refractivity contribution is 0.160. The lowest BCUT2D eigenvalue weighted by Crippen LogP contribution is -2.29. The fourth-order valence-electron chi connectivity index (χ4n) is 2.82.